The van der Waals surface area contributed by atoms with Gasteiger partial charge in [-0.15, -0.1) is 0 Å². The van der Waals surface area contributed by atoms with Crippen molar-refractivity contribution < 1.29 is 27.0 Å². The van der Waals surface area contributed by atoms with Crippen molar-refractivity contribution in [2.75, 3.05) is 38.8 Å². The highest BCUT2D eigenvalue weighted by molar-refractivity contribution is 7.91. The van der Waals surface area contributed by atoms with Gasteiger partial charge in [0.25, 0.3) is 0 Å². The van der Waals surface area contributed by atoms with Crippen molar-refractivity contribution >= 4 is 15.7 Å². The van der Waals surface area contributed by atoms with Crippen LogP contribution in [0.2, 0.25) is 0 Å². The lowest BCUT2D eigenvalue weighted by atomic mass is 10.2. The molecule has 0 unspecified atom stereocenters. The van der Waals surface area contributed by atoms with Crippen LogP contribution in [0.1, 0.15) is 13.3 Å². The van der Waals surface area contributed by atoms with Crippen molar-refractivity contribution in [3.05, 3.63) is 42.5 Å². The highest BCUT2D eigenvalue weighted by atomic mass is 32.2. The zero-order chi connectivity index (χ0) is 22.0. The van der Waals surface area contributed by atoms with Gasteiger partial charge in [-0.2, -0.15) is 4.98 Å². The van der Waals surface area contributed by atoms with Gasteiger partial charge in [-0.25, -0.2) is 8.42 Å². The maximum absolute atomic E-state index is 13.4. The van der Waals surface area contributed by atoms with E-state index in [0.717, 1.165) is 12.2 Å². The normalized spacial score (nSPS) is 13.1. The molecule has 0 amide bonds. The first-order chi connectivity index (χ1) is 14.9. The van der Waals surface area contributed by atoms with Crippen LogP contribution in [0.15, 0.2) is 56.8 Å². The fraction of sp³-hybridized carbons (Fsp3) is 0.318. The van der Waals surface area contributed by atoms with E-state index in [1.807, 2.05) is 6.92 Å². The Balaban J connectivity index is 1.72. The Morgan fingerprint density at radius 1 is 1.03 bits per heavy atom. The number of sulfone groups is 1. The number of ether oxygens (including phenoxy) is 3. The number of hydrogen-bond donors (Lipinski definition) is 0. The molecule has 0 atom stereocenters. The van der Waals surface area contributed by atoms with Gasteiger partial charge in [0.15, 0.2) is 11.5 Å². The molecule has 3 aromatic rings. The number of rotatable bonds is 7. The van der Waals surface area contributed by atoms with Crippen molar-refractivity contribution in [3.63, 3.8) is 0 Å². The smallest absolute Gasteiger partial charge is 0.235 e. The van der Waals surface area contributed by atoms with Crippen LogP contribution in [0.3, 0.4) is 0 Å². The molecule has 0 bridgehead atoms. The Morgan fingerprint density at radius 2 is 1.74 bits per heavy atom. The molecule has 0 radical (unpaired) electrons. The van der Waals surface area contributed by atoms with Gasteiger partial charge in [0.05, 0.1) is 11.5 Å². The van der Waals surface area contributed by atoms with Gasteiger partial charge in [-0.3, -0.25) is 0 Å². The predicted molar refractivity (Wildman–Crippen MR) is 115 cm³/mol. The second-order valence-corrected chi connectivity index (χ2v) is 9.07. The molecule has 8 nitrogen and oxygen atoms in total. The molecule has 164 valence electrons. The van der Waals surface area contributed by atoms with Gasteiger partial charge in [0, 0.05) is 25.7 Å². The van der Waals surface area contributed by atoms with Gasteiger partial charge in [0.1, 0.15) is 19.0 Å². The summed E-state index contributed by atoms with van der Waals surface area (Å²) in [6, 6.07) is 11.7. The Labute approximate surface area is 181 Å². The molecule has 0 saturated heterocycles. The SMILES string of the molecule is CCCOc1ccc(-c2nc(S(=O)(=O)c3ccc4c(c3)OCCO4)c(N(C)C)o2)cc1. The maximum Gasteiger partial charge on any atom is 0.235 e. The standard InChI is InChI=1S/C22H24N2O6S/c1-4-11-27-16-7-5-15(6-8-16)20-23-21(22(30-20)24(2)3)31(25,26)17-9-10-18-19(14-17)29-13-12-28-18/h5-10,14H,4,11-13H2,1-3H3. The number of benzene rings is 2. The average Bonchev–Trinajstić information content (AvgIpc) is 3.24. The molecular weight excluding hydrogens is 420 g/mol. The molecule has 9 heteroatoms. The molecule has 0 aliphatic carbocycles. The summed E-state index contributed by atoms with van der Waals surface area (Å²) in [6.07, 6.45) is 0.911. The van der Waals surface area contributed by atoms with Crippen molar-refractivity contribution in [1.29, 1.82) is 0 Å². The van der Waals surface area contributed by atoms with E-state index in [9.17, 15) is 8.42 Å². The Morgan fingerprint density at radius 3 is 2.42 bits per heavy atom. The van der Waals surface area contributed by atoms with Crippen LogP contribution < -0.4 is 19.1 Å². The second-order valence-electron chi connectivity index (χ2n) is 7.21. The van der Waals surface area contributed by atoms with Gasteiger partial charge in [-0.1, -0.05) is 6.92 Å². The molecule has 0 spiro atoms. The third-order valence-corrected chi connectivity index (χ3v) is 6.29. The summed E-state index contributed by atoms with van der Waals surface area (Å²) in [7, 11) is -0.556. The van der Waals surface area contributed by atoms with Gasteiger partial charge in [0.2, 0.25) is 26.6 Å². The molecule has 1 aromatic heterocycles. The van der Waals surface area contributed by atoms with E-state index in [4.69, 9.17) is 18.6 Å². The van der Waals surface area contributed by atoms with Crippen molar-refractivity contribution in [2.45, 2.75) is 23.3 Å². The van der Waals surface area contributed by atoms with Crippen molar-refractivity contribution in [2.24, 2.45) is 0 Å². The van der Waals surface area contributed by atoms with E-state index in [2.05, 4.69) is 4.98 Å². The summed E-state index contributed by atoms with van der Waals surface area (Å²) in [5.41, 5.74) is 0.649. The van der Waals surface area contributed by atoms with E-state index in [-0.39, 0.29) is 21.7 Å². The van der Waals surface area contributed by atoms with Crippen LogP contribution in [0.4, 0.5) is 5.88 Å². The Hall–Kier alpha value is -3.20. The summed E-state index contributed by atoms with van der Waals surface area (Å²) in [5, 5.41) is -0.157. The van der Waals surface area contributed by atoms with Crippen LogP contribution in [0, 0.1) is 0 Å². The average molecular weight is 445 g/mol. The minimum absolute atomic E-state index is 0.0583. The van der Waals surface area contributed by atoms with Crippen LogP contribution in [0.25, 0.3) is 11.5 Å². The number of aromatic nitrogens is 1. The van der Waals surface area contributed by atoms with Crippen molar-refractivity contribution in [3.8, 4) is 28.7 Å². The van der Waals surface area contributed by atoms with Gasteiger partial charge in [-0.05, 0) is 42.8 Å². The molecule has 2 aromatic carbocycles. The zero-order valence-corrected chi connectivity index (χ0v) is 18.4. The minimum atomic E-state index is -3.96. The highest BCUT2D eigenvalue weighted by Crippen LogP contribution is 2.37. The zero-order valence-electron chi connectivity index (χ0n) is 17.6. The third-order valence-electron chi connectivity index (χ3n) is 4.64. The second kappa shape index (κ2) is 8.50. The van der Waals surface area contributed by atoms with Crippen molar-refractivity contribution in [1.82, 2.24) is 4.98 Å². The monoisotopic (exact) mass is 444 g/mol. The molecule has 0 N–H and O–H groups in total. The summed E-state index contributed by atoms with van der Waals surface area (Å²) >= 11 is 0. The minimum Gasteiger partial charge on any atom is -0.494 e. The highest BCUT2D eigenvalue weighted by Gasteiger charge is 2.31. The fourth-order valence-corrected chi connectivity index (χ4v) is 4.49. The summed E-state index contributed by atoms with van der Waals surface area (Å²) in [5.74, 6) is 2.00. The number of hydrogen-bond acceptors (Lipinski definition) is 8. The predicted octanol–water partition coefficient (Wildman–Crippen LogP) is 3.80. The molecule has 1 aliphatic heterocycles. The first-order valence-electron chi connectivity index (χ1n) is 9.96. The lowest BCUT2D eigenvalue weighted by molar-refractivity contribution is 0.171. The van der Waals surface area contributed by atoms with Crippen LogP contribution >= 0.6 is 0 Å². The molecule has 0 fully saturated rings. The van der Waals surface area contributed by atoms with E-state index in [0.29, 0.717) is 36.9 Å². The Bertz CT molecular complexity index is 1170. The number of oxazole rings is 1. The van der Waals surface area contributed by atoms with E-state index in [1.54, 1.807) is 49.3 Å². The number of fused-ring (bicyclic) bond motifs is 1. The first kappa shape index (κ1) is 21.0. The molecule has 31 heavy (non-hydrogen) atoms. The molecule has 0 saturated carbocycles. The van der Waals surface area contributed by atoms with Crippen LogP contribution in [-0.2, 0) is 9.84 Å². The maximum atomic E-state index is 13.4. The van der Waals surface area contributed by atoms with E-state index < -0.39 is 9.84 Å². The summed E-state index contributed by atoms with van der Waals surface area (Å²) in [4.78, 5) is 5.99. The summed E-state index contributed by atoms with van der Waals surface area (Å²) in [6.45, 7) is 3.46. The third kappa shape index (κ3) is 4.18. The van der Waals surface area contributed by atoms with Gasteiger partial charge >= 0.3 is 0 Å². The molecule has 4 rings (SSSR count). The van der Waals surface area contributed by atoms with Gasteiger partial charge < -0.3 is 23.5 Å². The number of nitrogens with zero attached hydrogens (tertiary/aromatic N) is 2. The number of anilines is 1. The quantitative estimate of drug-likeness (QED) is 0.543. The van der Waals surface area contributed by atoms with E-state index >= 15 is 0 Å². The lowest BCUT2D eigenvalue weighted by Crippen LogP contribution is -2.16. The molecular formula is C22H24N2O6S. The van der Waals surface area contributed by atoms with Crippen LogP contribution in [-0.4, -0.2) is 47.3 Å². The largest absolute Gasteiger partial charge is 0.494 e. The topological polar surface area (TPSA) is 91.1 Å². The molecule has 1 aliphatic rings. The van der Waals surface area contributed by atoms with Crippen LogP contribution in [0.5, 0.6) is 17.2 Å². The molecule has 2 heterocycles. The summed E-state index contributed by atoms with van der Waals surface area (Å²) < 4.78 is 49.2. The lowest BCUT2D eigenvalue weighted by Gasteiger charge is -2.18. The van der Waals surface area contributed by atoms with E-state index in [1.165, 1.54) is 12.1 Å². The first-order valence-corrected chi connectivity index (χ1v) is 11.4. The Kier molecular flexibility index (Phi) is 5.77. The fourth-order valence-electron chi connectivity index (χ4n) is 3.10.